The molecule has 1 aromatic rings. The Morgan fingerprint density at radius 1 is 1.10 bits per heavy atom. The van der Waals surface area contributed by atoms with Crippen LogP contribution in [0.1, 0.15) is 76.8 Å². The van der Waals surface area contributed by atoms with Crippen molar-refractivity contribution in [1.82, 2.24) is 29.5 Å². The molecule has 1 aliphatic carbocycles. The summed E-state index contributed by atoms with van der Waals surface area (Å²) in [4.78, 5) is 71.0. The number of fused-ring (bicyclic) bond motifs is 3. The number of halogens is 1. The Morgan fingerprint density at radius 3 is 2.53 bits per heavy atom. The number of rotatable bonds is 5. The van der Waals surface area contributed by atoms with Gasteiger partial charge in [0.05, 0.1) is 13.1 Å². The first-order valence-corrected chi connectivity index (χ1v) is 19.0. The van der Waals surface area contributed by atoms with Gasteiger partial charge in [0.25, 0.3) is 5.91 Å². The third-order valence-corrected chi connectivity index (χ3v) is 11.2. The lowest BCUT2D eigenvalue weighted by molar-refractivity contribution is -0.141. The molecule has 0 unspecified atom stereocenters. The lowest BCUT2D eigenvalue weighted by Gasteiger charge is -2.30. The van der Waals surface area contributed by atoms with Crippen LogP contribution in [-0.2, 0) is 47.2 Å². The predicted molar refractivity (Wildman–Crippen MR) is 186 cm³/mol. The highest BCUT2D eigenvalue weighted by Crippen LogP contribution is 2.46. The van der Waals surface area contributed by atoms with Gasteiger partial charge in [-0.1, -0.05) is 48.7 Å². The van der Waals surface area contributed by atoms with E-state index in [2.05, 4.69) is 15.4 Å². The molecule has 0 bridgehead atoms. The zero-order chi connectivity index (χ0) is 37.3. The predicted octanol–water partition coefficient (Wildman–Crippen LogP) is 2.97. The Balaban J connectivity index is 1.41. The molecule has 5 atom stereocenters. The Bertz CT molecular complexity index is 1700. The molecule has 2 fully saturated rings. The first-order valence-electron chi connectivity index (χ1n) is 17.2. The van der Waals surface area contributed by atoms with Crippen molar-refractivity contribution in [3.63, 3.8) is 0 Å². The van der Waals surface area contributed by atoms with Crippen LogP contribution in [0.25, 0.3) is 0 Å². The van der Waals surface area contributed by atoms with Gasteiger partial charge in [-0.15, -0.1) is 0 Å². The smallest absolute Gasteiger partial charge is 0.410 e. The Hall–Kier alpha value is -3.89. The number of amides is 5. The van der Waals surface area contributed by atoms with Crippen molar-refractivity contribution < 1.29 is 41.9 Å². The van der Waals surface area contributed by atoms with Gasteiger partial charge in [0.1, 0.15) is 29.3 Å². The Kier molecular flexibility index (Phi) is 11.3. The van der Waals surface area contributed by atoms with Gasteiger partial charge in [0.2, 0.25) is 11.8 Å². The molecule has 3 N–H and O–H groups in total. The van der Waals surface area contributed by atoms with Gasteiger partial charge in [-0.25, -0.2) is 14.3 Å². The van der Waals surface area contributed by atoms with E-state index in [9.17, 15) is 32.4 Å². The van der Waals surface area contributed by atoms with Crippen molar-refractivity contribution in [2.24, 2.45) is 5.92 Å². The fraction of sp³-hybridized carbons (Fsp3) is 0.618. The van der Waals surface area contributed by atoms with E-state index in [4.69, 9.17) is 21.1 Å². The highest BCUT2D eigenvalue weighted by molar-refractivity contribution is 7.87. The molecule has 1 saturated carbocycles. The Labute approximate surface area is 303 Å². The maximum atomic E-state index is 14.3. The van der Waals surface area contributed by atoms with E-state index in [0.717, 1.165) is 28.3 Å². The number of carbonyl (C=O) groups is 5. The van der Waals surface area contributed by atoms with Crippen molar-refractivity contribution in [3.05, 3.63) is 46.5 Å². The number of alkyl carbamates (subject to hydrolysis) is 1. The van der Waals surface area contributed by atoms with Gasteiger partial charge in [-0.05, 0) is 63.6 Å². The maximum Gasteiger partial charge on any atom is 0.410 e. The van der Waals surface area contributed by atoms with E-state index in [0.29, 0.717) is 17.9 Å². The third kappa shape index (κ3) is 8.95. The fourth-order valence-electron chi connectivity index (χ4n) is 6.64. The number of carbonyl (C=O) groups excluding carboxylic acids is 5. The van der Waals surface area contributed by atoms with Crippen LogP contribution in [0.5, 0.6) is 0 Å². The minimum absolute atomic E-state index is 0.0990. The summed E-state index contributed by atoms with van der Waals surface area (Å²) < 4.78 is 39.4. The summed E-state index contributed by atoms with van der Waals surface area (Å²) in [6.45, 7) is 5.45. The van der Waals surface area contributed by atoms with Crippen LogP contribution in [0, 0.1) is 5.92 Å². The minimum atomic E-state index is -4.18. The van der Waals surface area contributed by atoms with Gasteiger partial charge >= 0.3 is 22.4 Å². The van der Waals surface area contributed by atoms with Crippen LogP contribution < -0.4 is 15.4 Å². The molecule has 3 aliphatic heterocycles. The molecule has 280 valence electrons. The third-order valence-electron chi connectivity index (χ3n) is 9.49. The molecule has 1 saturated heterocycles. The van der Waals surface area contributed by atoms with Crippen molar-refractivity contribution in [3.8, 4) is 0 Å². The largest absolute Gasteiger partial charge is 0.444 e. The van der Waals surface area contributed by atoms with Crippen LogP contribution in [0.2, 0.25) is 5.02 Å². The van der Waals surface area contributed by atoms with E-state index >= 15 is 0 Å². The average Bonchev–Trinajstić information content (AvgIpc) is 3.33. The van der Waals surface area contributed by atoms with Crippen molar-refractivity contribution in [2.45, 2.75) is 108 Å². The summed E-state index contributed by atoms with van der Waals surface area (Å²) in [5.41, 5.74) is -0.718. The van der Waals surface area contributed by atoms with Crippen molar-refractivity contribution in [2.75, 3.05) is 20.6 Å². The Morgan fingerprint density at radius 2 is 1.84 bits per heavy atom. The summed E-state index contributed by atoms with van der Waals surface area (Å²) in [7, 11) is -1.64. The summed E-state index contributed by atoms with van der Waals surface area (Å²) in [5.74, 6) is -2.69. The van der Waals surface area contributed by atoms with E-state index in [1.807, 2.05) is 12.1 Å². The molecule has 1 aromatic carbocycles. The SMILES string of the molecule is CN(C)S(=O)(=O)NC(=O)[C@@]12C[C@@H]1/C=C\CCCCC[C@H](NC(=O)OC(C)(C)C)C(=O)N1C[C@H](OC(=O)N3Cc4cccc(Cl)c4C3)C[C@H]1C(=O)N2. The summed E-state index contributed by atoms with van der Waals surface area (Å²) in [5, 5.41) is 5.98. The van der Waals surface area contributed by atoms with E-state index in [1.165, 1.54) is 23.9 Å². The number of nitrogens with zero attached hydrogens (tertiary/aromatic N) is 3. The molecule has 5 rings (SSSR count). The van der Waals surface area contributed by atoms with Crippen molar-refractivity contribution >= 4 is 51.7 Å². The summed E-state index contributed by atoms with van der Waals surface area (Å²) >= 11 is 6.34. The average molecular weight is 751 g/mol. The first kappa shape index (κ1) is 38.3. The minimum Gasteiger partial charge on any atom is -0.444 e. The van der Waals surface area contributed by atoms with Crippen LogP contribution >= 0.6 is 11.6 Å². The number of ether oxygens (including phenoxy) is 2. The molecule has 0 spiro atoms. The van der Waals surface area contributed by atoms with Crippen LogP contribution in [0.15, 0.2) is 30.4 Å². The molecule has 17 heteroatoms. The zero-order valence-corrected chi connectivity index (χ0v) is 31.1. The monoisotopic (exact) mass is 750 g/mol. The van der Waals surface area contributed by atoms with Crippen molar-refractivity contribution in [1.29, 1.82) is 0 Å². The lowest BCUT2D eigenvalue weighted by atomic mass is 10.0. The van der Waals surface area contributed by atoms with Crippen LogP contribution in [-0.4, -0.2) is 102 Å². The number of hydrogen-bond donors (Lipinski definition) is 3. The second-order valence-corrected chi connectivity index (χ2v) is 17.0. The van der Waals surface area contributed by atoms with Gasteiger partial charge in [0, 0.05) is 38.0 Å². The van der Waals surface area contributed by atoms with E-state index < -0.39 is 75.4 Å². The number of hydrogen-bond acceptors (Lipinski definition) is 9. The maximum absolute atomic E-state index is 14.3. The highest BCUT2D eigenvalue weighted by atomic mass is 35.5. The molecule has 15 nitrogen and oxygen atoms in total. The van der Waals surface area contributed by atoms with Gasteiger partial charge in [-0.2, -0.15) is 12.7 Å². The number of nitrogens with one attached hydrogen (secondary N) is 3. The molecule has 5 amide bonds. The molecule has 51 heavy (non-hydrogen) atoms. The molecular formula is C34H47ClN6O9S. The lowest BCUT2D eigenvalue weighted by Crippen LogP contribution is -2.58. The normalized spacial score (nSPS) is 27.6. The molecule has 4 aliphatic rings. The fourth-order valence-corrected chi connectivity index (χ4v) is 7.49. The van der Waals surface area contributed by atoms with E-state index in [-0.39, 0.29) is 38.9 Å². The van der Waals surface area contributed by atoms with Crippen LogP contribution in [0.3, 0.4) is 0 Å². The van der Waals surface area contributed by atoms with Gasteiger partial charge in [0.15, 0.2) is 0 Å². The van der Waals surface area contributed by atoms with Gasteiger partial charge in [-0.3, -0.25) is 19.3 Å². The standard InChI is InChI=1S/C34H47ClN6O9S/c1-33(2,3)50-31(45)36-26-15-10-8-6-7-9-13-22-17-34(22,30(44)38-51(47,48)39(4)5)37-28(42)27-16-23(19-41(27)29(26)43)49-32(46)40-18-21-12-11-14-25(35)24(21)20-40/h9,11-14,22-23,26-27H,6-8,10,15-20H2,1-5H3,(H,36,45)(H,37,42)(H,38,44)/b13-9-/t22-,23+,26-,27-,34+/m0/s1. The van der Waals surface area contributed by atoms with E-state index in [1.54, 1.807) is 39.0 Å². The first-order chi connectivity index (χ1) is 23.9. The van der Waals surface area contributed by atoms with Gasteiger partial charge < -0.3 is 25.0 Å². The molecule has 0 aromatic heterocycles. The highest BCUT2D eigenvalue weighted by Gasteiger charge is 2.62. The molecule has 0 radical (unpaired) electrons. The summed E-state index contributed by atoms with van der Waals surface area (Å²) in [6.07, 6.45) is 4.38. The molecule has 3 heterocycles. The zero-order valence-electron chi connectivity index (χ0n) is 29.6. The van der Waals surface area contributed by atoms with Crippen LogP contribution in [0.4, 0.5) is 9.59 Å². The number of allylic oxidation sites excluding steroid dienone is 1. The quantitative estimate of drug-likeness (QED) is 0.381. The summed E-state index contributed by atoms with van der Waals surface area (Å²) in [6, 6.07) is 3.14. The second-order valence-electron chi connectivity index (χ2n) is 14.7. The number of benzene rings is 1. The topological polar surface area (TPSA) is 184 Å². The second kappa shape index (κ2) is 15.0. The molecular weight excluding hydrogens is 704 g/mol.